The Labute approximate surface area is 135 Å². The van der Waals surface area contributed by atoms with Gasteiger partial charge in [0.05, 0.1) is 18.3 Å². The van der Waals surface area contributed by atoms with E-state index in [2.05, 4.69) is 15.3 Å². The maximum absolute atomic E-state index is 11.6. The molecule has 0 aliphatic carbocycles. The first kappa shape index (κ1) is 15.2. The van der Waals surface area contributed by atoms with Crippen LogP contribution in [0, 0.1) is 0 Å². The van der Waals surface area contributed by atoms with Gasteiger partial charge in [-0.15, -0.1) is 0 Å². The van der Waals surface area contributed by atoms with Crippen molar-refractivity contribution in [2.24, 2.45) is 4.99 Å². The number of aliphatic hydroxyl groups excluding tert-OH is 2. The summed E-state index contributed by atoms with van der Waals surface area (Å²) in [6.45, 7) is 1.02. The molecule has 126 valence electrons. The van der Waals surface area contributed by atoms with Crippen LogP contribution < -0.4 is 10.9 Å². The van der Waals surface area contributed by atoms with Crippen molar-refractivity contribution < 1.29 is 20.1 Å². The summed E-state index contributed by atoms with van der Waals surface area (Å²) in [5, 5.41) is 34.3. The average Bonchev–Trinajstić information content (AvgIpc) is 2.95. The SMILES string of the molecule is C[C@]1(O)[C@H](O)[C@@H](CO)O[C@H]1n1cc2ccc(=O)nc3c2c1N=CN3. The van der Waals surface area contributed by atoms with E-state index in [0.29, 0.717) is 22.4 Å². The number of hydrogen-bond donors (Lipinski definition) is 4. The fraction of sp³-hybridized carbons (Fsp3) is 0.400. The average molecular weight is 332 g/mol. The van der Waals surface area contributed by atoms with Crippen LogP contribution in [0.4, 0.5) is 11.6 Å². The second-order valence-electron chi connectivity index (χ2n) is 6.10. The number of aromatic nitrogens is 2. The van der Waals surface area contributed by atoms with Crippen molar-refractivity contribution >= 4 is 28.7 Å². The molecular weight excluding hydrogens is 316 g/mol. The molecule has 1 saturated heterocycles. The summed E-state index contributed by atoms with van der Waals surface area (Å²) in [5.41, 5.74) is -2.01. The molecule has 4 atom stereocenters. The number of rotatable bonds is 2. The highest BCUT2D eigenvalue weighted by atomic mass is 16.6. The van der Waals surface area contributed by atoms with Crippen LogP contribution >= 0.6 is 0 Å². The Morgan fingerprint density at radius 1 is 1.46 bits per heavy atom. The highest BCUT2D eigenvalue weighted by Crippen LogP contribution is 2.44. The molecule has 0 spiro atoms. The summed E-state index contributed by atoms with van der Waals surface area (Å²) in [6.07, 6.45) is -0.0464. The fourth-order valence-electron chi connectivity index (χ4n) is 3.23. The quantitative estimate of drug-likeness (QED) is 0.582. The van der Waals surface area contributed by atoms with E-state index in [-0.39, 0.29) is 5.56 Å². The molecule has 2 aliphatic heterocycles. The smallest absolute Gasteiger partial charge is 0.271 e. The topological polar surface area (TPSA) is 129 Å². The lowest BCUT2D eigenvalue weighted by Gasteiger charge is -2.28. The van der Waals surface area contributed by atoms with Gasteiger partial charge < -0.3 is 29.9 Å². The van der Waals surface area contributed by atoms with Crippen molar-refractivity contribution in [3.8, 4) is 0 Å². The maximum atomic E-state index is 11.6. The molecule has 2 aromatic heterocycles. The molecular formula is C15H16N4O5. The number of nitrogens with zero attached hydrogens (tertiary/aromatic N) is 3. The Morgan fingerprint density at radius 2 is 2.25 bits per heavy atom. The lowest BCUT2D eigenvalue weighted by atomic mass is 9.96. The highest BCUT2D eigenvalue weighted by Gasteiger charge is 2.53. The van der Waals surface area contributed by atoms with Gasteiger partial charge in [-0.1, -0.05) is 0 Å². The summed E-state index contributed by atoms with van der Waals surface area (Å²) in [4.78, 5) is 19.8. The van der Waals surface area contributed by atoms with Crippen LogP contribution in [-0.2, 0) is 4.74 Å². The molecule has 4 rings (SSSR count). The second-order valence-corrected chi connectivity index (χ2v) is 6.10. The zero-order chi connectivity index (χ0) is 17.1. The third kappa shape index (κ3) is 1.99. The summed E-state index contributed by atoms with van der Waals surface area (Å²) in [6, 6.07) is 2.95. The summed E-state index contributed by atoms with van der Waals surface area (Å²) in [7, 11) is 0. The van der Waals surface area contributed by atoms with Crippen LogP contribution in [0.3, 0.4) is 0 Å². The molecule has 24 heavy (non-hydrogen) atoms. The van der Waals surface area contributed by atoms with Crippen molar-refractivity contribution in [3.63, 3.8) is 0 Å². The second kappa shape index (κ2) is 5.08. The number of nitrogens with one attached hydrogen (secondary N) is 1. The van der Waals surface area contributed by atoms with Gasteiger partial charge in [0.2, 0.25) is 0 Å². The van der Waals surface area contributed by atoms with Gasteiger partial charge in [0.1, 0.15) is 29.4 Å². The van der Waals surface area contributed by atoms with Crippen LogP contribution in [0.1, 0.15) is 13.2 Å². The predicted molar refractivity (Wildman–Crippen MR) is 85.4 cm³/mol. The Bertz CT molecular complexity index is 907. The van der Waals surface area contributed by atoms with Gasteiger partial charge in [0.15, 0.2) is 6.23 Å². The van der Waals surface area contributed by atoms with E-state index in [0.717, 1.165) is 0 Å². The maximum Gasteiger partial charge on any atom is 0.271 e. The van der Waals surface area contributed by atoms with E-state index < -0.39 is 30.6 Å². The molecule has 1 fully saturated rings. The first-order valence-electron chi connectivity index (χ1n) is 7.45. The summed E-state index contributed by atoms with van der Waals surface area (Å²) < 4.78 is 7.22. The Hall–Kier alpha value is -2.33. The van der Waals surface area contributed by atoms with E-state index in [4.69, 9.17) is 4.74 Å². The molecule has 0 saturated carbocycles. The Kier molecular flexibility index (Phi) is 3.22. The van der Waals surface area contributed by atoms with E-state index in [1.54, 1.807) is 16.8 Å². The summed E-state index contributed by atoms with van der Waals surface area (Å²) in [5.74, 6) is 0.804. The lowest BCUT2D eigenvalue weighted by molar-refractivity contribution is -0.0955. The minimum absolute atomic E-state index is 0.362. The third-order valence-corrected chi connectivity index (χ3v) is 4.47. The normalized spacial score (nSPS) is 31.4. The van der Waals surface area contributed by atoms with Crippen LogP contribution in [0.5, 0.6) is 0 Å². The molecule has 4 N–H and O–H groups in total. The molecule has 0 aromatic carbocycles. The zero-order valence-electron chi connectivity index (χ0n) is 12.7. The summed E-state index contributed by atoms with van der Waals surface area (Å²) >= 11 is 0. The predicted octanol–water partition coefficient (Wildman–Crippen LogP) is -0.517. The number of anilines is 1. The van der Waals surface area contributed by atoms with Crippen LogP contribution in [0.2, 0.25) is 0 Å². The van der Waals surface area contributed by atoms with Crippen LogP contribution in [0.25, 0.3) is 10.8 Å². The van der Waals surface area contributed by atoms with E-state index in [1.165, 1.54) is 19.3 Å². The van der Waals surface area contributed by atoms with E-state index >= 15 is 0 Å². The highest BCUT2D eigenvalue weighted by molar-refractivity contribution is 6.06. The molecule has 9 nitrogen and oxygen atoms in total. The van der Waals surface area contributed by atoms with Gasteiger partial charge in [-0.25, -0.2) is 4.99 Å². The molecule has 0 bridgehead atoms. The van der Waals surface area contributed by atoms with Crippen molar-refractivity contribution in [2.75, 3.05) is 11.9 Å². The number of aliphatic imine (C=N–C) groups is 1. The largest absolute Gasteiger partial charge is 0.394 e. The molecule has 0 unspecified atom stereocenters. The number of ether oxygens (including phenoxy) is 1. The fourth-order valence-corrected chi connectivity index (χ4v) is 3.23. The zero-order valence-corrected chi connectivity index (χ0v) is 12.7. The first-order valence-corrected chi connectivity index (χ1v) is 7.45. The monoisotopic (exact) mass is 332 g/mol. The minimum Gasteiger partial charge on any atom is -0.394 e. The van der Waals surface area contributed by atoms with Crippen molar-refractivity contribution in [1.82, 2.24) is 9.55 Å². The molecule has 2 aromatic rings. The Morgan fingerprint density at radius 3 is 2.96 bits per heavy atom. The molecule has 0 radical (unpaired) electrons. The molecule has 4 heterocycles. The van der Waals surface area contributed by atoms with Gasteiger partial charge in [-0.2, -0.15) is 4.98 Å². The number of hydrogen-bond acceptors (Lipinski definition) is 8. The van der Waals surface area contributed by atoms with E-state index in [1.807, 2.05) is 0 Å². The van der Waals surface area contributed by atoms with Crippen molar-refractivity contribution in [1.29, 1.82) is 0 Å². The third-order valence-electron chi connectivity index (χ3n) is 4.47. The van der Waals surface area contributed by atoms with Gasteiger partial charge in [-0.3, -0.25) is 4.79 Å². The molecule has 2 aliphatic rings. The standard InChI is InChI=1S/C15H16N4O5/c1-15(23)11(22)8(5-20)24-14(15)19-4-7-2-3-9(21)18-12-10(7)13(19)17-6-16-12/h2-4,6,8,11,14,20,22-23H,5H2,1H3,(H,16,17,18,21)/t8-,11-,14-,15+/m1/s1. The molecule has 9 heteroatoms. The van der Waals surface area contributed by atoms with Crippen molar-refractivity contribution in [3.05, 3.63) is 28.7 Å². The van der Waals surface area contributed by atoms with Gasteiger partial charge in [-0.05, 0) is 13.0 Å². The molecule has 0 amide bonds. The number of aliphatic hydroxyl groups is 3. The van der Waals surface area contributed by atoms with Crippen LogP contribution in [0.15, 0.2) is 28.1 Å². The Balaban J connectivity index is 1.94. The van der Waals surface area contributed by atoms with Gasteiger partial charge >= 0.3 is 0 Å². The minimum atomic E-state index is -1.63. The first-order chi connectivity index (χ1) is 11.4. The van der Waals surface area contributed by atoms with Crippen LogP contribution in [-0.4, -0.2) is 55.6 Å². The lowest BCUT2D eigenvalue weighted by Crippen LogP contribution is -2.44. The van der Waals surface area contributed by atoms with Crippen molar-refractivity contribution in [2.45, 2.75) is 31.0 Å². The van der Waals surface area contributed by atoms with Gasteiger partial charge in [0.25, 0.3) is 5.56 Å². The van der Waals surface area contributed by atoms with Gasteiger partial charge in [0, 0.05) is 17.6 Å². The van der Waals surface area contributed by atoms with E-state index in [9.17, 15) is 20.1 Å².